The van der Waals surface area contributed by atoms with Crippen LogP contribution in [0.15, 0.2) is 24.3 Å². The molecule has 0 aromatic heterocycles. The zero-order valence-electron chi connectivity index (χ0n) is 8.90. The summed E-state index contributed by atoms with van der Waals surface area (Å²) in [6.45, 7) is -0.203. The van der Waals surface area contributed by atoms with Crippen LogP contribution < -0.4 is 5.32 Å². The van der Waals surface area contributed by atoms with Gasteiger partial charge in [-0.1, -0.05) is 12.0 Å². The van der Waals surface area contributed by atoms with Gasteiger partial charge < -0.3 is 10.1 Å². The molecule has 0 aliphatic heterocycles. The van der Waals surface area contributed by atoms with Crippen molar-refractivity contribution in [2.75, 3.05) is 13.2 Å². The van der Waals surface area contributed by atoms with Crippen molar-refractivity contribution in [3.05, 3.63) is 33.4 Å². The number of amides is 1. The number of benzene rings is 1. The average Bonchev–Trinajstić information content (AvgIpc) is 2.33. The third-order valence-electron chi connectivity index (χ3n) is 1.78. The second-order valence-electron chi connectivity index (χ2n) is 3.07. The van der Waals surface area contributed by atoms with E-state index in [-0.39, 0.29) is 13.2 Å². The average molecular weight is 343 g/mol. The lowest BCUT2D eigenvalue weighted by Crippen LogP contribution is -2.28. The number of hydrogen-bond acceptors (Lipinski definition) is 3. The summed E-state index contributed by atoms with van der Waals surface area (Å²) < 4.78 is 5.74. The smallest absolute Gasteiger partial charge is 0.338 e. The molecule has 0 atom stereocenters. The molecule has 0 aliphatic carbocycles. The number of carbonyl (C=O) groups is 2. The Morgan fingerprint density at radius 3 is 2.88 bits per heavy atom. The highest BCUT2D eigenvalue weighted by Gasteiger charge is 2.09. The first kappa shape index (κ1) is 13.5. The van der Waals surface area contributed by atoms with Crippen molar-refractivity contribution in [1.82, 2.24) is 5.32 Å². The van der Waals surface area contributed by atoms with Gasteiger partial charge in [-0.15, -0.1) is 6.42 Å². The molecule has 1 rings (SSSR count). The topological polar surface area (TPSA) is 55.4 Å². The third-order valence-corrected chi connectivity index (χ3v) is 2.45. The van der Waals surface area contributed by atoms with Crippen molar-refractivity contribution in [1.29, 1.82) is 0 Å². The highest BCUT2D eigenvalue weighted by molar-refractivity contribution is 14.1. The first-order valence-electron chi connectivity index (χ1n) is 4.76. The SMILES string of the molecule is C#CCNC(=O)COC(=O)c1cccc(I)c1. The molecule has 0 radical (unpaired) electrons. The fourth-order valence-corrected chi connectivity index (χ4v) is 1.57. The van der Waals surface area contributed by atoms with Crippen LogP contribution in [-0.4, -0.2) is 25.0 Å². The number of rotatable bonds is 4. The quantitative estimate of drug-likeness (QED) is 0.508. The van der Waals surface area contributed by atoms with Crippen LogP contribution in [0.3, 0.4) is 0 Å². The van der Waals surface area contributed by atoms with Crippen molar-refractivity contribution in [2.24, 2.45) is 0 Å². The van der Waals surface area contributed by atoms with Crippen LogP contribution in [0.1, 0.15) is 10.4 Å². The molecule has 4 nitrogen and oxygen atoms in total. The number of hydrogen-bond donors (Lipinski definition) is 1. The van der Waals surface area contributed by atoms with Crippen LogP contribution in [0, 0.1) is 15.9 Å². The number of esters is 1. The van der Waals surface area contributed by atoms with Crippen molar-refractivity contribution in [3.8, 4) is 12.3 Å². The van der Waals surface area contributed by atoms with Crippen LogP contribution in [0.2, 0.25) is 0 Å². The molecule has 0 heterocycles. The van der Waals surface area contributed by atoms with Gasteiger partial charge in [-0.3, -0.25) is 4.79 Å². The van der Waals surface area contributed by atoms with Crippen LogP contribution in [0.5, 0.6) is 0 Å². The fourth-order valence-electron chi connectivity index (χ4n) is 1.03. The summed E-state index contributed by atoms with van der Waals surface area (Å²) in [4.78, 5) is 22.6. The van der Waals surface area contributed by atoms with E-state index < -0.39 is 11.9 Å². The molecule has 0 aliphatic rings. The van der Waals surface area contributed by atoms with Gasteiger partial charge in [-0.05, 0) is 40.8 Å². The molecule has 0 saturated heterocycles. The molecule has 0 bridgehead atoms. The number of ether oxygens (including phenoxy) is 1. The van der Waals surface area contributed by atoms with Crippen molar-refractivity contribution < 1.29 is 14.3 Å². The highest BCUT2D eigenvalue weighted by Crippen LogP contribution is 2.08. The minimum atomic E-state index is -0.528. The summed E-state index contributed by atoms with van der Waals surface area (Å²) in [5.74, 6) is 1.31. The lowest BCUT2D eigenvalue weighted by atomic mass is 10.2. The van der Waals surface area contributed by atoms with Crippen molar-refractivity contribution in [3.63, 3.8) is 0 Å². The normalized spacial score (nSPS) is 9.18. The molecule has 88 valence electrons. The van der Waals surface area contributed by atoms with E-state index in [2.05, 4.69) is 33.8 Å². The molecule has 17 heavy (non-hydrogen) atoms. The summed E-state index contributed by atoms with van der Waals surface area (Å²) in [6, 6.07) is 6.92. The van der Waals surface area contributed by atoms with Gasteiger partial charge in [-0.2, -0.15) is 0 Å². The minimum Gasteiger partial charge on any atom is -0.452 e. The zero-order valence-corrected chi connectivity index (χ0v) is 11.1. The third kappa shape index (κ3) is 4.87. The predicted octanol–water partition coefficient (Wildman–Crippen LogP) is 1.20. The van der Waals surface area contributed by atoms with E-state index in [0.717, 1.165) is 3.57 Å². The van der Waals surface area contributed by atoms with Gasteiger partial charge >= 0.3 is 5.97 Å². The van der Waals surface area contributed by atoms with Gasteiger partial charge in [-0.25, -0.2) is 4.79 Å². The molecule has 1 N–H and O–H groups in total. The van der Waals surface area contributed by atoms with Gasteiger partial charge in [0.05, 0.1) is 12.1 Å². The van der Waals surface area contributed by atoms with Gasteiger partial charge in [0.25, 0.3) is 5.91 Å². The van der Waals surface area contributed by atoms with E-state index in [1.54, 1.807) is 18.2 Å². The largest absolute Gasteiger partial charge is 0.452 e. The molecular weight excluding hydrogens is 333 g/mol. The number of halogens is 1. The molecule has 0 unspecified atom stereocenters. The second kappa shape index (κ2) is 6.91. The van der Waals surface area contributed by atoms with Crippen molar-refractivity contribution in [2.45, 2.75) is 0 Å². The van der Waals surface area contributed by atoms with E-state index >= 15 is 0 Å². The Morgan fingerprint density at radius 2 is 2.24 bits per heavy atom. The van der Waals surface area contributed by atoms with E-state index in [1.165, 1.54) is 0 Å². The summed E-state index contributed by atoms with van der Waals surface area (Å²) in [7, 11) is 0. The van der Waals surface area contributed by atoms with Crippen LogP contribution in [0.25, 0.3) is 0 Å². The van der Waals surface area contributed by atoms with Gasteiger partial charge in [0.2, 0.25) is 0 Å². The Kier molecular flexibility index (Phi) is 5.49. The van der Waals surface area contributed by atoms with E-state index in [1.807, 2.05) is 6.07 Å². The predicted molar refractivity (Wildman–Crippen MR) is 71.3 cm³/mol. The van der Waals surface area contributed by atoms with Crippen molar-refractivity contribution >= 4 is 34.5 Å². The molecule has 0 fully saturated rings. The lowest BCUT2D eigenvalue weighted by Gasteiger charge is -2.04. The summed E-state index contributed by atoms with van der Waals surface area (Å²) in [5, 5.41) is 2.40. The summed E-state index contributed by atoms with van der Waals surface area (Å²) in [6.07, 6.45) is 4.97. The summed E-state index contributed by atoms with van der Waals surface area (Å²) in [5.41, 5.74) is 0.418. The first-order chi connectivity index (χ1) is 8.13. The Labute approximate surface area is 113 Å². The maximum atomic E-state index is 11.5. The monoisotopic (exact) mass is 343 g/mol. The standard InChI is InChI=1S/C12H10INO3/c1-2-6-14-11(15)8-17-12(16)9-4-3-5-10(13)7-9/h1,3-5,7H,6,8H2,(H,14,15). The van der Waals surface area contributed by atoms with Crippen LogP contribution in [0.4, 0.5) is 0 Å². The fraction of sp³-hybridized carbons (Fsp3) is 0.167. The Bertz CT molecular complexity index is 465. The van der Waals surface area contributed by atoms with E-state index in [4.69, 9.17) is 11.2 Å². The molecule has 1 amide bonds. The van der Waals surface area contributed by atoms with E-state index in [9.17, 15) is 9.59 Å². The van der Waals surface area contributed by atoms with Crippen LogP contribution in [-0.2, 0) is 9.53 Å². The minimum absolute atomic E-state index is 0.125. The van der Waals surface area contributed by atoms with Crippen LogP contribution >= 0.6 is 22.6 Å². The highest BCUT2D eigenvalue weighted by atomic mass is 127. The number of nitrogens with one attached hydrogen (secondary N) is 1. The molecule has 0 spiro atoms. The van der Waals surface area contributed by atoms with Gasteiger partial charge in [0.1, 0.15) is 0 Å². The number of carbonyl (C=O) groups excluding carboxylic acids is 2. The molecule has 5 heteroatoms. The van der Waals surface area contributed by atoms with Gasteiger partial charge in [0, 0.05) is 3.57 Å². The molecule has 0 saturated carbocycles. The number of terminal acetylenes is 1. The Hall–Kier alpha value is -1.55. The summed E-state index contributed by atoms with van der Waals surface area (Å²) >= 11 is 2.09. The second-order valence-corrected chi connectivity index (χ2v) is 4.31. The Balaban J connectivity index is 2.45. The molecular formula is C12H10INO3. The maximum Gasteiger partial charge on any atom is 0.338 e. The zero-order chi connectivity index (χ0) is 12.7. The van der Waals surface area contributed by atoms with Gasteiger partial charge in [0.15, 0.2) is 6.61 Å². The maximum absolute atomic E-state index is 11.5. The first-order valence-corrected chi connectivity index (χ1v) is 5.84. The Morgan fingerprint density at radius 1 is 1.47 bits per heavy atom. The van der Waals surface area contributed by atoms with E-state index in [0.29, 0.717) is 5.56 Å². The molecule has 1 aromatic carbocycles. The lowest BCUT2D eigenvalue weighted by molar-refractivity contribution is -0.123. The molecule has 1 aromatic rings.